The largest absolute Gasteiger partial charge is 0.494 e. The van der Waals surface area contributed by atoms with Crippen molar-refractivity contribution < 1.29 is 23.4 Å². The molecule has 5 nitrogen and oxygen atoms in total. The van der Waals surface area contributed by atoms with E-state index in [-0.39, 0.29) is 5.75 Å². The molecule has 1 heterocycles. The van der Waals surface area contributed by atoms with Gasteiger partial charge in [-0.15, -0.1) is 0 Å². The number of hydrogen-bond acceptors (Lipinski definition) is 4. The van der Waals surface area contributed by atoms with E-state index in [4.69, 9.17) is 4.74 Å². The highest BCUT2D eigenvalue weighted by Crippen LogP contribution is 2.28. The predicted molar refractivity (Wildman–Crippen MR) is 93.5 cm³/mol. The topological polar surface area (TPSA) is 53.0 Å². The zero-order valence-electron chi connectivity index (χ0n) is 14.4. The van der Waals surface area contributed by atoms with Crippen LogP contribution in [0.3, 0.4) is 0 Å². The van der Waals surface area contributed by atoms with Gasteiger partial charge in [-0.2, -0.15) is 0 Å². The highest BCUT2D eigenvalue weighted by Gasteiger charge is 2.30. The third kappa shape index (κ3) is 3.77. The first-order chi connectivity index (χ1) is 12.5. The summed E-state index contributed by atoms with van der Waals surface area (Å²) in [4.78, 5) is 15.7. The van der Waals surface area contributed by atoms with Crippen molar-refractivity contribution >= 4 is 11.7 Å². The van der Waals surface area contributed by atoms with Gasteiger partial charge in [0.15, 0.2) is 11.6 Å². The number of rotatable bonds is 5. The Morgan fingerprint density at radius 1 is 1.08 bits per heavy atom. The van der Waals surface area contributed by atoms with Crippen LogP contribution < -0.4 is 9.64 Å². The quantitative estimate of drug-likeness (QED) is 0.886. The lowest BCUT2D eigenvalue weighted by atomic mass is 10.0. The number of carbonyl (C=O) groups is 1. The van der Waals surface area contributed by atoms with Gasteiger partial charge in [-0.3, -0.25) is 9.69 Å². The van der Waals surface area contributed by atoms with E-state index in [1.54, 1.807) is 12.1 Å². The number of ether oxygens (including phenoxy) is 1. The van der Waals surface area contributed by atoms with Crippen molar-refractivity contribution in [2.24, 2.45) is 0 Å². The van der Waals surface area contributed by atoms with Gasteiger partial charge in [0.25, 0.3) is 0 Å². The van der Waals surface area contributed by atoms with Gasteiger partial charge in [-0.25, -0.2) is 8.78 Å². The van der Waals surface area contributed by atoms with Crippen LogP contribution in [-0.2, 0) is 4.79 Å². The summed E-state index contributed by atoms with van der Waals surface area (Å²) in [7, 11) is 1.42. The molecule has 0 saturated carbocycles. The van der Waals surface area contributed by atoms with Crippen LogP contribution in [0, 0.1) is 11.6 Å². The molecule has 0 amide bonds. The summed E-state index contributed by atoms with van der Waals surface area (Å²) >= 11 is 0. The number of hydrogen-bond donors (Lipinski definition) is 1. The summed E-state index contributed by atoms with van der Waals surface area (Å²) in [6.45, 7) is 2.24. The van der Waals surface area contributed by atoms with E-state index < -0.39 is 23.6 Å². The zero-order valence-corrected chi connectivity index (χ0v) is 14.4. The molecule has 2 aromatic rings. The first kappa shape index (κ1) is 18.1. The molecule has 1 aliphatic rings. The van der Waals surface area contributed by atoms with E-state index in [1.807, 2.05) is 4.90 Å². The Morgan fingerprint density at radius 3 is 2.31 bits per heavy atom. The Hall–Kier alpha value is -2.67. The van der Waals surface area contributed by atoms with E-state index in [9.17, 15) is 18.7 Å². The minimum absolute atomic E-state index is 0.180. The van der Waals surface area contributed by atoms with Crippen LogP contribution in [0.4, 0.5) is 14.5 Å². The molecule has 1 fully saturated rings. The number of benzene rings is 2. The molecular weight excluding hydrogens is 342 g/mol. The maximum atomic E-state index is 13.6. The number of halogens is 2. The lowest BCUT2D eigenvalue weighted by Crippen LogP contribution is -2.49. The highest BCUT2D eigenvalue weighted by molar-refractivity contribution is 5.75. The fraction of sp³-hybridized carbons (Fsp3) is 0.316. The SMILES string of the molecule is COc1cc(N2CCN(C(C(=O)O)c3ccc(F)cc3)CC2)ccc1F. The summed E-state index contributed by atoms with van der Waals surface area (Å²) in [6, 6.07) is 9.41. The van der Waals surface area contributed by atoms with Gasteiger partial charge in [-0.05, 0) is 29.8 Å². The smallest absolute Gasteiger partial charge is 0.325 e. The summed E-state index contributed by atoms with van der Waals surface area (Å²) in [5, 5.41) is 9.62. The number of nitrogens with zero attached hydrogens (tertiary/aromatic N) is 2. The van der Waals surface area contributed by atoms with Crippen LogP contribution in [0.2, 0.25) is 0 Å². The summed E-state index contributed by atoms with van der Waals surface area (Å²) in [5.41, 5.74) is 1.38. The number of methoxy groups -OCH3 is 1. The Labute approximate surface area is 150 Å². The molecular formula is C19H20F2N2O3. The van der Waals surface area contributed by atoms with Crippen molar-refractivity contribution in [2.45, 2.75) is 6.04 Å². The van der Waals surface area contributed by atoms with Gasteiger partial charge in [0, 0.05) is 37.9 Å². The molecule has 0 aromatic heterocycles. The fourth-order valence-electron chi connectivity index (χ4n) is 3.24. The third-order valence-electron chi connectivity index (χ3n) is 4.60. The van der Waals surface area contributed by atoms with Gasteiger partial charge < -0.3 is 14.7 Å². The van der Waals surface area contributed by atoms with E-state index in [0.29, 0.717) is 31.7 Å². The minimum Gasteiger partial charge on any atom is -0.494 e. The van der Waals surface area contributed by atoms with Gasteiger partial charge in [0.05, 0.1) is 7.11 Å². The molecule has 0 spiro atoms. The van der Waals surface area contributed by atoms with Crippen molar-refractivity contribution in [1.82, 2.24) is 4.90 Å². The maximum Gasteiger partial charge on any atom is 0.325 e. The van der Waals surface area contributed by atoms with Crippen molar-refractivity contribution in [3.05, 3.63) is 59.7 Å². The summed E-state index contributed by atoms with van der Waals surface area (Å²) in [6.07, 6.45) is 0. The zero-order chi connectivity index (χ0) is 18.7. The first-order valence-corrected chi connectivity index (χ1v) is 8.30. The van der Waals surface area contributed by atoms with E-state index in [1.165, 1.54) is 37.4 Å². The lowest BCUT2D eigenvalue weighted by Gasteiger charge is -2.39. The number of aliphatic carboxylic acids is 1. The first-order valence-electron chi connectivity index (χ1n) is 8.30. The molecule has 2 aromatic carbocycles. The molecule has 7 heteroatoms. The standard InChI is InChI=1S/C19H20F2N2O3/c1-26-17-12-15(6-7-16(17)21)22-8-10-23(11-9-22)18(19(24)25)13-2-4-14(20)5-3-13/h2-7,12,18H,8-11H2,1H3,(H,24,25). The molecule has 0 radical (unpaired) electrons. The molecule has 138 valence electrons. The van der Waals surface area contributed by atoms with E-state index in [0.717, 1.165) is 5.69 Å². The molecule has 1 saturated heterocycles. The average molecular weight is 362 g/mol. The molecule has 1 atom stereocenters. The molecule has 0 bridgehead atoms. The van der Waals surface area contributed by atoms with Crippen LogP contribution in [-0.4, -0.2) is 49.3 Å². The lowest BCUT2D eigenvalue weighted by molar-refractivity contribution is -0.143. The molecule has 3 rings (SSSR count). The molecule has 1 unspecified atom stereocenters. The second-order valence-electron chi connectivity index (χ2n) is 6.13. The van der Waals surface area contributed by atoms with E-state index >= 15 is 0 Å². The number of carboxylic acid groups (broad SMARTS) is 1. The molecule has 1 N–H and O–H groups in total. The molecule has 0 aliphatic carbocycles. The Kier molecular flexibility index (Phi) is 5.37. The number of piperazine rings is 1. The number of anilines is 1. The fourth-order valence-corrected chi connectivity index (χ4v) is 3.24. The summed E-state index contributed by atoms with van der Waals surface area (Å²) < 4.78 is 31.7. The second kappa shape index (κ2) is 7.70. The van der Waals surface area contributed by atoms with Gasteiger partial charge in [-0.1, -0.05) is 12.1 Å². The van der Waals surface area contributed by atoms with Crippen molar-refractivity contribution in [1.29, 1.82) is 0 Å². The third-order valence-corrected chi connectivity index (χ3v) is 4.60. The maximum absolute atomic E-state index is 13.6. The normalized spacial score (nSPS) is 16.3. The predicted octanol–water partition coefficient (Wildman–Crippen LogP) is 2.92. The average Bonchev–Trinajstić information content (AvgIpc) is 2.64. The summed E-state index contributed by atoms with van der Waals surface area (Å²) in [5.74, 6) is -1.60. The van der Waals surface area contributed by atoms with Gasteiger partial charge in [0.2, 0.25) is 0 Å². The van der Waals surface area contributed by atoms with Crippen LogP contribution in [0.1, 0.15) is 11.6 Å². The van der Waals surface area contributed by atoms with Gasteiger partial charge >= 0.3 is 5.97 Å². The Bertz CT molecular complexity index is 775. The highest BCUT2D eigenvalue weighted by atomic mass is 19.1. The van der Waals surface area contributed by atoms with E-state index in [2.05, 4.69) is 4.90 Å². The second-order valence-corrected chi connectivity index (χ2v) is 6.13. The molecule has 1 aliphatic heterocycles. The van der Waals surface area contributed by atoms with Crippen molar-refractivity contribution in [3.8, 4) is 5.75 Å². The van der Waals surface area contributed by atoms with Crippen molar-refractivity contribution in [3.63, 3.8) is 0 Å². The monoisotopic (exact) mass is 362 g/mol. The minimum atomic E-state index is -0.964. The van der Waals surface area contributed by atoms with Crippen LogP contribution >= 0.6 is 0 Å². The van der Waals surface area contributed by atoms with Crippen molar-refractivity contribution in [2.75, 3.05) is 38.2 Å². The van der Waals surface area contributed by atoms with Crippen LogP contribution in [0.5, 0.6) is 5.75 Å². The Morgan fingerprint density at radius 2 is 1.73 bits per heavy atom. The van der Waals surface area contributed by atoms with Crippen LogP contribution in [0.25, 0.3) is 0 Å². The van der Waals surface area contributed by atoms with Crippen LogP contribution in [0.15, 0.2) is 42.5 Å². The Balaban J connectivity index is 1.72. The number of carboxylic acids is 1. The van der Waals surface area contributed by atoms with Gasteiger partial charge in [0.1, 0.15) is 11.9 Å². The molecule has 26 heavy (non-hydrogen) atoms.